The summed E-state index contributed by atoms with van der Waals surface area (Å²) in [7, 11) is 3.98. The smallest absolute Gasteiger partial charge is 0.128 e. The highest BCUT2D eigenvalue weighted by atomic mass is 16.5. The van der Waals surface area contributed by atoms with Gasteiger partial charge in [0.05, 0.1) is 13.2 Å². The third-order valence-electron chi connectivity index (χ3n) is 7.10. The van der Waals surface area contributed by atoms with E-state index in [1.165, 1.54) is 23.8 Å². The molecule has 1 aromatic carbocycles. The van der Waals surface area contributed by atoms with E-state index in [1.54, 1.807) is 0 Å². The number of benzene rings is 1. The van der Waals surface area contributed by atoms with Crippen molar-refractivity contribution in [3.05, 3.63) is 60.5 Å². The van der Waals surface area contributed by atoms with Crippen LogP contribution in [-0.4, -0.2) is 80.1 Å². The number of fused-ring (bicyclic) bond motifs is 1. The number of aromatic amines is 1. The van der Waals surface area contributed by atoms with Crippen molar-refractivity contribution in [1.29, 1.82) is 0 Å². The predicted octanol–water partition coefficient (Wildman–Crippen LogP) is 3.64. The number of aliphatic imine (C=N–C) groups is 1. The maximum absolute atomic E-state index is 5.46. The molecule has 1 spiro atoms. The van der Waals surface area contributed by atoms with E-state index in [2.05, 4.69) is 76.1 Å². The minimum absolute atomic E-state index is 0.309. The van der Waals surface area contributed by atoms with E-state index < -0.39 is 0 Å². The summed E-state index contributed by atoms with van der Waals surface area (Å²) < 4.78 is 5.46. The quantitative estimate of drug-likeness (QED) is 0.378. The minimum Gasteiger partial charge on any atom is -0.380 e. The predicted molar refractivity (Wildman–Crippen MR) is 133 cm³/mol. The van der Waals surface area contributed by atoms with Crippen molar-refractivity contribution in [3.8, 4) is 0 Å². The van der Waals surface area contributed by atoms with Crippen molar-refractivity contribution in [2.45, 2.75) is 25.8 Å². The number of hydrogen-bond donors (Lipinski definition) is 2. The van der Waals surface area contributed by atoms with E-state index in [4.69, 9.17) is 4.74 Å². The molecule has 3 heterocycles. The van der Waals surface area contributed by atoms with Crippen LogP contribution in [0, 0.1) is 5.41 Å². The highest BCUT2D eigenvalue weighted by Gasteiger charge is 2.40. The average Bonchev–Trinajstić information content (AvgIpc) is 3.28. The van der Waals surface area contributed by atoms with Gasteiger partial charge in [-0.15, -0.1) is 0 Å². The topological polar surface area (TPSA) is 55.9 Å². The Morgan fingerprint density at radius 2 is 2.12 bits per heavy atom. The van der Waals surface area contributed by atoms with Gasteiger partial charge in [0.15, 0.2) is 0 Å². The van der Waals surface area contributed by atoms with Crippen LogP contribution in [0.4, 0.5) is 0 Å². The zero-order valence-electron chi connectivity index (χ0n) is 19.7. The number of nitrogens with zero attached hydrogens (tertiary/aromatic N) is 3. The average molecular weight is 436 g/mol. The normalized spacial score (nSPS) is 20.2. The molecule has 2 saturated heterocycles. The summed E-state index contributed by atoms with van der Waals surface area (Å²) in [5, 5.41) is 4.75. The fourth-order valence-corrected chi connectivity index (χ4v) is 4.64. The van der Waals surface area contributed by atoms with Gasteiger partial charge in [-0.1, -0.05) is 24.8 Å². The summed E-state index contributed by atoms with van der Waals surface area (Å²) >= 11 is 0. The summed E-state index contributed by atoms with van der Waals surface area (Å²) in [5.41, 5.74) is 4.00. The van der Waals surface area contributed by atoms with Crippen molar-refractivity contribution >= 4 is 16.7 Å². The lowest BCUT2D eigenvalue weighted by Crippen LogP contribution is -2.51. The van der Waals surface area contributed by atoms with Gasteiger partial charge < -0.3 is 19.9 Å². The minimum atomic E-state index is 0.309. The lowest BCUT2D eigenvalue weighted by atomic mass is 9.77. The SMILES string of the molecule is C=C/C(=C\N(C)C(C)CNC(=NC)c1cccc2[nH]ccc12)CN1CCC2(CC1)COC2. The third kappa shape index (κ3) is 4.92. The molecule has 6 nitrogen and oxygen atoms in total. The van der Waals surface area contributed by atoms with Gasteiger partial charge in [0.2, 0.25) is 0 Å². The molecule has 4 rings (SSSR count). The lowest BCUT2D eigenvalue weighted by molar-refractivity contribution is -0.138. The van der Waals surface area contributed by atoms with Crippen LogP contribution in [0.3, 0.4) is 0 Å². The van der Waals surface area contributed by atoms with Gasteiger partial charge >= 0.3 is 0 Å². The van der Waals surface area contributed by atoms with E-state index in [9.17, 15) is 0 Å². The monoisotopic (exact) mass is 435 g/mol. The van der Waals surface area contributed by atoms with E-state index in [-0.39, 0.29) is 0 Å². The van der Waals surface area contributed by atoms with Crippen molar-refractivity contribution < 1.29 is 4.74 Å². The van der Waals surface area contributed by atoms with Gasteiger partial charge in [-0.2, -0.15) is 0 Å². The number of nitrogens with one attached hydrogen (secondary N) is 2. The van der Waals surface area contributed by atoms with Crippen LogP contribution >= 0.6 is 0 Å². The number of aromatic nitrogens is 1. The molecule has 0 radical (unpaired) electrons. The fraction of sp³-hybridized carbons (Fsp3) is 0.500. The van der Waals surface area contributed by atoms with Gasteiger partial charge in [0.25, 0.3) is 0 Å². The van der Waals surface area contributed by atoms with Crippen LogP contribution < -0.4 is 5.32 Å². The Morgan fingerprint density at radius 3 is 2.78 bits per heavy atom. The summed E-state index contributed by atoms with van der Waals surface area (Å²) in [5.74, 6) is 0.922. The Bertz CT molecular complexity index is 977. The van der Waals surface area contributed by atoms with Crippen LogP contribution in [0.1, 0.15) is 25.3 Å². The van der Waals surface area contributed by atoms with Crippen molar-refractivity contribution in [2.75, 3.05) is 53.5 Å². The summed E-state index contributed by atoms with van der Waals surface area (Å²) in [4.78, 5) is 12.6. The first-order valence-corrected chi connectivity index (χ1v) is 11.7. The van der Waals surface area contributed by atoms with Gasteiger partial charge in [0, 0.05) is 67.5 Å². The maximum atomic E-state index is 5.46. The zero-order valence-corrected chi connectivity index (χ0v) is 19.7. The molecule has 0 saturated carbocycles. The molecule has 2 aliphatic rings. The highest BCUT2D eigenvalue weighted by Crippen LogP contribution is 2.38. The number of ether oxygens (including phenoxy) is 1. The van der Waals surface area contributed by atoms with E-state index in [0.717, 1.165) is 56.3 Å². The second-order valence-corrected chi connectivity index (χ2v) is 9.39. The third-order valence-corrected chi connectivity index (χ3v) is 7.10. The number of likely N-dealkylation sites (tertiary alicyclic amines) is 1. The molecule has 6 heteroatoms. The molecule has 1 aromatic heterocycles. The molecule has 1 unspecified atom stereocenters. The van der Waals surface area contributed by atoms with Gasteiger partial charge in [0.1, 0.15) is 5.84 Å². The Hall–Kier alpha value is -2.57. The Kier molecular flexibility index (Phi) is 7.01. The van der Waals surface area contributed by atoms with E-state index in [0.29, 0.717) is 11.5 Å². The first kappa shape index (κ1) is 22.6. The Balaban J connectivity index is 1.32. The standard InChI is InChI=1S/C26H37N5O/c1-5-21(17-31-13-10-26(11-14-31)18-32-19-26)16-30(4)20(2)15-29-25(27-3)23-7-6-8-24-22(23)9-12-28-24/h5-9,12,16,20,28H,1,10-11,13-15,17-19H2,2-4H3,(H,27,29)/b21-16+. The molecule has 32 heavy (non-hydrogen) atoms. The number of H-pyrrole nitrogens is 1. The van der Waals surface area contributed by atoms with Gasteiger partial charge in [-0.3, -0.25) is 9.89 Å². The van der Waals surface area contributed by atoms with Crippen LogP contribution in [-0.2, 0) is 4.74 Å². The molecule has 2 aromatic rings. The number of hydrogen-bond acceptors (Lipinski definition) is 4. The molecule has 1 atom stereocenters. The van der Waals surface area contributed by atoms with Crippen molar-refractivity contribution in [1.82, 2.24) is 20.1 Å². The van der Waals surface area contributed by atoms with Crippen molar-refractivity contribution in [2.24, 2.45) is 10.4 Å². The number of amidine groups is 1. The molecular formula is C26H37N5O. The molecule has 0 amide bonds. The van der Waals surface area contributed by atoms with E-state index >= 15 is 0 Å². The highest BCUT2D eigenvalue weighted by molar-refractivity contribution is 6.09. The summed E-state index contributed by atoms with van der Waals surface area (Å²) in [6, 6.07) is 8.69. The molecule has 2 N–H and O–H groups in total. The molecule has 0 aliphatic carbocycles. The zero-order chi connectivity index (χ0) is 22.6. The number of likely N-dealkylation sites (N-methyl/N-ethyl adjacent to an activating group) is 1. The molecule has 0 bridgehead atoms. The van der Waals surface area contributed by atoms with Crippen LogP contribution in [0.25, 0.3) is 10.9 Å². The fourth-order valence-electron chi connectivity index (χ4n) is 4.64. The Morgan fingerprint density at radius 1 is 1.34 bits per heavy atom. The lowest BCUT2D eigenvalue weighted by Gasteiger charge is -2.47. The molecule has 172 valence electrons. The van der Waals surface area contributed by atoms with Crippen LogP contribution in [0.2, 0.25) is 0 Å². The number of piperidine rings is 1. The largest absolute Gasteiger partial charge is 0.380 e. The second kappa shape index (κ2) is 9.92. The first-order chi connectivity index (χ1) is 15.5. The molecular weight excluding hydrogens is 398 g/mol. The summed E-state index contributed by atoms with van der Waals surface area (Å²) in [6.45, 7) is 12.3. The number of rotatable bonds is 8. The maximum Gasteiger partial charge on any atom is 0.128 e. The van der Waals surface area contributed by atoms with Crippen LogP contribution in [0.5, 0.6) is 0 Å². The Labute approximate surface area is 192 Å². The second-order valence-electron chi connectivity index (χ2n) is 9.39. The van der Waals surface area contributed by atoms with Gasteiger partial charge in [-0.05, 0) is 50.6 Å². The molecule has 2 aliphatic heterocycles. The summed E-state index contributed by atoms with van der Waals surface area (Å²) in [6.07, 6.45) is 8.72. The van der Waals surface area contributed by atoms with Crippen LogP contribution in [0.15, 0.2) is 59.9 Å². The molecule has 2 fully saturated rings. The van der Waals surface area contributed by atoms with Gasteiger partial charge in [-0.25, -0.2) is 0 Å². The first-order valence-electron chi connectivity index (χ1n) is 11.7. The van der Waals surface area contributed by atoms with E-state index in [1.807, 2.05) is 19.3 Å². The van der Waals surface area contributed by atoms with Crippen molar-refractivity contribution in [3.63, 3.8) is 0 Å².